The van der Waals surface area contributed by atoms with Gasteiger partial charge in [0.05, 0.1) is 6.54 Å². The average molecular weight is 443 g/mol. The number of rotatable bonds is 14. The zero-order valence-electron chi connectivity index (χ0n) is 19.5. The molecule has 0 aromatic carbocycles. The van der Waals surface area contributed by atoms with Crippen LogP contribution < -0.4 is 0 Å². The lowest BCUT2D eigenvalue weighted by molar-refractivity contribution is -0.129. The predicted molar refractivity (Wildman–Crippen MR) is 125 cm³/mol. The van der Waals surface area contributed by atoms with Crippen molar-refractivity contribution in [3.8, 4) is 0 Å². The molecule has 0 heterocycles. The van der Waals surface area contributed by atoms with Crippen molar-refractivity contribution in [2.45, 2.75) is 110 Å². The Hall–Kier alpha value is -1.24. The molecule has 0 aliphatic heterocycles. The minimum atomic E-state index is -1.09. The molecule has 6 nitrogen and oxygen atoms in total. The van der Waals surface area contributed by atoms with Crippen molar-refractivity contribution in [3.63, 3.8) is 0 Å². The second-order valence-electron chi connectivity index (χ2n) is 9.25. The Morgan fingerprint density at radius 3 is 2.00 bits per heavy atom. The maximum absolute atomic E-state index is 12.4. The van der Waals surface area contributed by atoms with E-state index in [9.17, 15) is 14.7 Å². The van der Waals surface area contributed by atoms with Gasteiger partial charge in [-0.3, -0.25) is 0 Å². The zero-order valence-corrected chi connectivity index (χ0v) is 20.3. The molecule has 0 unspecified atom stereocenters. The van der Waals surface area contributed by atoms with E-state index in [0.717, 1.165) is 25.7 Å². The van der Waals surface area contributed by atoms with Crippen LogP contribution in [-0.4, -0.2) is 45.1 Å². The highest BCUT2D eigenvalue weighted by Crippen LogP contribution is 2.30. The third-order valence-electron chi connectivity index (χ3n) is 4.86. The summed E-state index contributed by atoms with van der Waals surface area (Å²) >= 11 is 1.22. The van der Waals surface area contributed by atoms with Gasteiger partial charge in [-0.2, -0.15) is 10.1 Å². The second-order valence-corrected chi connectivity index (χ2v) is 10.3. The van der Waals surface area contributed by atoms with Crippen LogP contribution in [0.3, 0.4) is 0 Å². The number of carboxylic acids is 1. The number of carbonyl (C=O) groups is 2. The van der Waals surface area contributed by atoms with E-state index in [0.29, 0.717) is 18.2 Å². The molecule has 0 spiro atoms. The number of thioether (sulfide) groups is 1. The predicted octanol–water partition coefficient (Wildman–Crippen LogP) is 6.69. The summed E-state index contributed by atoms with van der Waals surface area (Å²) in [6.07, 6.45) is 14.0. The van der Waals surface area contributed by atoms with Gasteiger partial charge in [-0.15, -0.1) is 0 Å². The molecule has 1 fully saturated rings. The van der Waals surface area contributed by atoms with E-state index in [2.05, 4.69) is 12.0 Å². The molecule has 0 aromatic heterocycles. The minimum Gasteiger partial charge on any atom is -0.476 e. The smallest absolute Gasteiger partial charge is 0.430 e. The lowest BCUT2D eigenvalue weighted by Gasteiger charge is -2.24. The van der Waals surface area contributed by atoms with Crippen LogP contribution in [0.1, 0.15) is 105 Å². The van der Waals surface area contributed by atoms with Gasteiger partial charge in [0.25, 0.3) is 0 Å². The number of hydrazone groups is 1. The molecule has 174 valence electrons. The van der Waals surface area contributed by atoms with Gasteiger partial charge in [0, 0.05) is 0 Å². The first-order valence-electron chi connectivity index (χ1n) is 11.7. The minimum absolute atomic E-state index is 0.0302. The van der Waals surface area contributed by atoms with E-state index in [1.807, 2.05) is 0 Å². The highest BCUT2D eigenvalue weighted by Gasteiger charge is 2.30. The van der Waals surface area contributed by atoms with Crippen molar-refractivity contribution in [3.05, 3.63) is 0 Å². The van der Waals surface area contributed by atoms with Gasteiger partial charge < -0.3 is 9.84 Å². The molecule has 1 aliphatic carbocycles. The number of aliphatic carboxylic acids is 1. The number of nitrogens with zero attached hydrogens (tertiary/aromatic N) is 2. The van der Waals surface area contributed by atoms with Crippen molar-refractivity contribution >= 4 is 28.9 Å². The Kier molecular flexibility index (Phi) is 13.1. The maximum atomic E-state index is 12.4. The number of hydrogen-bond donors (Lipinski definition) is 1. The first-order valence-corrected chi connectivity index (χ1v) is 12.7. The molecule has 0 aromatic rings. The summed E-state index contributed by atoms with van der Waals surface area (Å²) in [5.41, 5.74) is -0.638. The quantitative estimate of drug-likeness (QED) is 0.140. The van der Waals surface area contributed by atoms with Crippen LogP contribution in [0.2, 0.25) is 0 Å². The molecule has 0 saturated heterocycles. The number of ether oxygens (including phenoxy) is 1. The van der Waals surface area contributed by atoms with Crippen molar-refractivity contribution in [2.75, 3.05) is 12.3 Å². The van der Waals surface area contributed by atoms with E-state index in [4.69, 9.17) is 4.74 Å². The topological polar surface area (TPSA) is 79.2 Å². The monoisotopic (exact) mass is 442 g/mol. The molecule has 0 atom stereocenters. The highest BCUT2D eigenvalue weighted by atomic mass is 32.2. The van der Waals surface area contributed by atoms with Crippen LogP contribution in [0, 0.1) is 5.92 Å². The molecule has 0 radical (unpaired) electrons. The fourth-order valence-electron chi connectivity index (χ4n) is 3.02. The first-order chi connectivity index (χ1) is 14.2. The van der Waals surface area contributed by atoms with E-state index in [-0.39, 0.29) is 5.04 Å². The number of carbonyl (C=O) groups excluding carboxylic acids is 1. The number of unbranched alkanes of at least 4 members (excludes halogenated alkanes) is 9. The Balaban J connectivity index is 2.37. The van der Waals surface area contributed by atoms with E-state index < -0.39 is 17.7 Å². The van der Waals surface area contributed by atoms with Gasteiger partial charge in [-0.1, -0.05) is 76.5 Å². The van der Waals surface area contributed by atoms with Gasteiger partial charge in [0.2, 0.25) is 5.04 Å². The average Bonchev–Trinajstić information content (AvgIpc) is 3.46. The molecule has 1 rings (SSSR count). The zero-order chi connectivity index (χ0) is 22.4. The molecular formula is C23H42N2O4S. The lowest BCUT2D eigenvalue weighted by atomic mass is 10.1. The Labute approximate surface area is 187 Å². The maximum Gasteiger partial charge on any atom is 0.430 e. The van der Waals surface area contributed by atoms with E-state index >= 15 is 0 Å². The van der Waals surface area contributed by atoms with Crippen LogP contribution in [0.4, 0.5) is 4.79 Å². The summed E-state index contributed by atoms with van der Waals surface area (Å²) in [5, 5.41) is 14.9. The number of hydrogen-bond acceptors (Lipinski definition) is 5. The van der Waals surface area contributed by atoms with Crippen molar-refractivity contribution in [2.24, 2.45) is 11.0 Å². The van der Waals surface area contributed by atoms with Crippen LogP contribution >= 0.6 is 11.8 Å². The summed E-state index contributed by atoms with van der Waals surface area (Å²) in [5.74, 6) is 0.00690. The van der Waals surface area contributed by atoms with Gasteiger partial charge >= 0.3 is 12.1 Å². The fourth-order valence-corrected chi connectivity index (χ4v) is 3.84. The molecule has 1 aliphatic rings. The SMILES string of the molecule is CCCCCCCCCCCCSC(=NN(CC1CC1)C(=O)OC(C)(C)C)C(=O)O. The second kappa shape index (κ2) is 14.7. The van der Waals surface area contributed by atoms with Crippen LogP contribution in [0.25, 0.3) is 0 Å². The molecule has 0 bridgehead atoms. The third-order valence-corrected chi connectivity index (χ3v) is 5.89. The third kappa shape index (κ3) is 13.9. The largest absolute Gasteiger partial charge is 0.476 e. The van der Waals surface area contributed by atoms with Crippen molar-refractivity contribution in [1.82, 2.24) is 5.01 Å². The fraction of sp³-hybridized carbons (Fsp3) is 0.870. The summed E-state index contributed by atoms with van der Waals surface area (Å²) in [7, 11) is 0. The first kappa shape index (κ1) is 26.8. The highest BCUT2D eigenvalue weighted by molar-refractivity contribution is 8.15. The van der Waals surface area contributed by atoms with Crippen molar-refractivity contribution in [1.29, 1.82) is 0 Å². The van der Waals surface area contributed by atoms with E-state index in [1.165, 1.54) is 68.1 Å². The molecule has 1 N–H and O–H groups in total. The number of amides is 1. The van der Waals surface area contributed by atoms with Gasteiger partial charge in [-0.25, -0.2) is 9.59 Å². The summed E-state index contributed by atoms with van der Waals surface area (Å²) < 4.78 is 5.40. The molecule has 7 heteroatoms. The standard InChI is InChI=1S/C23H42N2O4S/c1-5-6-7-8-9-10-11-12-13-14-17-30-20(21(26)27)24-25(18-19-15-16-19)22(28)29-23(2,3)4/h19H,5-18H2,1-4H3,(H,26,27). The molecule has 1 saturated carbocycles. The molecular weight excluding hydrogens is 400 g/mol. The van der Waals surface area contributed by atoms with Crippen LogP contribution in [-0.2, 0) is 9.53 Å². The lowest BCUT2D eigenvalue weighted by Crippen LogP contribution is -2.36. The van der Waals surface area contributed by atoms with Crippen molar-refractivity contribution < 1.29 is 19.4 Å². The van der Waals surface area contributed by atoms with Crippen LogP contribution in [0.5, 0.6) is 0 Å². The van der Waals surface area contributed by atoms with E-state index in [1.54, 1.807) is 20.8 Å². The van der Waals surface area contributed by atoms with Gasteiger partial charge in [0.1, 0.15) is 5.60 Å². The van der Waals surface area contributed by atoms with Crippen LogP contribution in [0.15, 0.2) is 5.10 Å². The normalized spacial score (nSPS) is 14.6. The summed E-state index contributed by atoms with van der Waals surface area (Å²) in [6.45, 7) is 8.04. The Morgan fingerprint density at radius 1 is 1.00 bits per heavy atom. The number of carboxylic acid groups (broad SMARTS) is 1. The summed E-state index contributed by atoms with van der Waals surface area (Å²) in [6, 6.07) is 0. The summed E-state index contributed by atoms with van der Waals surface area (Å²) in [4.78, 5) is 24.1. The molecule has 1 amide bonds. The van der Waals surface area contributed by atoms with Gasteiger partial charge in [-0.05, 0) is 51.7 Å². The molecule has 30 heavy (non-hydrogen) atoms. The van der Waals surface area contributed by atoms with Gasteiger partial charge in [0.15, 0.2) is 0 Å². The Morgan fingerprint density at radius 2 is 1.53 bits per heavy atom. The Bertz CT molecular complexity index is 542.